The van der Waals surface area contributed by atoms with Gasteiger partial charge in [0.25, 0.3) is 0 Å². The van der Waals surface area contributed by atoms with Crippen LogP contribution in [0.5, 0.6) is 0 Å². The van der Waals surface area contributed by atoms with Crippen LogP contribution < -0.4 is 0 Å². The molecule has 1 atom stereocenters. The second-order valence-corrected chi connectivity index (χ2v) is 6.62. The number of aryl methyl sites for hydroxylation is 1. The van der Waals surface area contributed by atoms with E-state index in [9.17, 15) is 4.79 Å². The van der Waals surface area contributed by atoms with Gasteiger partial charge in [0.15, 0.2) is 5.66 Å². The van der Waals surface area contributed by atoms with Crippen LogP contribution in [-0.4, -0.2) is 38.6 Å². The lowest BCUT2D eigenvalue weighted by molar-refractivity contribution is -0.132. The number of aromatic nitrogens is 2. The molecule has 2 aliphatic heterocycles. The number of amides is 1. The Labute approximate surface area is 143 Å². The van der Waals surface area contributed by atoms with Crippen LogP contribution in [0, 0.1) is 12.3 Å². The SMILES string of the molecule is C#CCCC1(CCC(=O)N2CCC[C@@H]2Cn2ccnc2CC)N=N1. The van der Waals surface area contributed by atoms with Gasteiger partial charge in [0.05, 0.1) is 0 Å². The van der Waals surface area contributed by atoms with E-state index in [1.165, 1.54) is 0 Å². The van der Waals surface area contributed by atoms with Crippen LogP contribution in [0.3, 0.4) is 0 Å². The van der Waals surface area contributed by atoms with Crippen LogP contribution in [0.1, 0.15) is 51.3 Å². The van der Waals surface area contributed by atoms with E-state index in [0.29, 0.717) is 19.3 Å². The molecule has 0 saturated carbocycles. The fourth-order valence-corrected chi connectivity index (χ4v) is 3.52. The van der Waals surface area contributed by atoms with Gasteiger partial charge in [-0.3, -0.25) is 4.79 Å². The van der Waals surface area contributed by atoms with Crippen molar-refractivity contribution < 1.29 is 4.79 Å². The summed E-state index contributed by atoms with van der Waals surface area (Å²) in [6.45, 7) is 3.80. The smallest absolute Gasteiger partial charge is 0.223 e. The van der Waals surface area contributed by atoms with Gasteiger partial charge in [0.2, 0.25) is 5.91 Å². The fraction of sp³-hybridized carbons (Fsp3) is 0.667. The van der Waals surface area contributed by atoms with Gasteiger partial charge in [0, 0.05) is 63.6 Å². The molecule has 0 aromatic carbocycles. The lowest BCUT2D eigenvalue weighted by Crippen LogP contribution is -2.38. The predicted molar refractivity (Wildman–Crippen MR) is 91.2 cm³/mol. The lowest BCUT2D eigenvalue weighted by atomic mass is 10.0. The summed E-state index contributed by atoms with van der Waals surface area (Å²) in [6.07, 6.45) is 14.8. The van der Waals surface area contributed by atoms with Crippen molar-refractivity contribution in [2.24, 2.45) is 10.2 Å². The Morgan fingerprint density at radius 2 is 2.29 bits per heavy atom. The first-order valence-corrected chi connectivity index (χ1v) is 8.84. The summed E-state index contributed by atoms with van der Waals surface area (Å²) in [4.78, 5) is 19.1. The Morgan fingerprint density at radius 3 is 3.00 bits per heavy atom. The first-order chi connectivity index (χ1) is 11.7. The van der Waals surface area contributed by atoms with Gasteiger partial charge in [-0.2, -0.15) is 10.2 Å². The van der Waals surface area contributed by atoms with E-state index in [2.05, 4.69) is 32.6 Å². The summed E-state index contributed by atoms with van der Waals surface area (Å²) in [6, 6.07) is 0.270. The van der Waals surface area contributed by atoms with Crippen LogP contribution in [-0.2, 0) is 17.8 Å². The second kappa shape index (κ2) is 7.16. The van der Waals surface area contributed by atoms with Gasteiger partial charge >= 0.3 is 0 Å². The standard InChI is InChI=1S/C18H25N5O/c1-3-5-9-18(20-21-18)10-8-17(24)23-12-6-7-15(23)14-22-13-11-19-16(22)4-2/h1,11,13,15H,4-10,12,14H2,2H3/t15-/m1/s1. The molecule has 1 aromatic rings. The normalized spacial score (nSPS) is 21.0. The van der Waals surface area contributed by atoms with Gasteiger partial charge in [-0.15, -0.1) is 12.3 Å². The number of rotatable bonds is 8. The van der Waals surface area contributed by atoms with Gasteiger partial charge in [-0.1, -0.05) is 6.92 Å². The van der Waals surface area contributed by atoms with Crippen LogP contribution >= 0.6 is 0 Å². The van der Waals surface area contributed by atoms with Gasteiger partial charge in [0.1, 0.15) is 5.82 Å². The van der Waals surface area contributed by atoms with E-state index in [4.69, 9.17) is 6.42 Å². The number of likely N-dealkylation sites (tertiary alicyclic amines) is 1. The van der Waals surface area contributed by atoms with Gasteiger partial charge < -0.3 is 9.47 Å². The molecule has 6 heteroatoms. The average Bonchev–Trinajstić information content (AvgIpc) is 2.99. The highest BCUT2D eigenvalue weighted by atomic mass is 16.2. The topological polar surface area (TPSA) is 62.9 Å². The third-order valence-corrected chi connectivity index (χ3v) is 5.01. The zero-order chi connectivity index (χ0) is 17.0. The largest absolute Gasteiger partial charge is 0.338 e. The molecule has 3 heterocycles. The van der Waals surface area contributed by atoms with Gasteiger partial charge in [-0.05, 0) is 12.8 Å². The van der Waals surface area contributed by atoms with E-state index in [1.807, 2.05) is 17.3 Å². The summed E-state index contributed by atoms with van der Waals surface area (Å²) in [7, 11) is 0. The summed E-state index contributed by atoms with van der Waals surface area (Å²) < 4.78 is 2.18. The molecule has 24 heavy (non-hydrogen) atoms. The van der Waals surface area contributed by atoms with E-state index < -0.39 is 0 Å². The maximum absolute atomic E-state index is 12.7. The maximum atomic E-state index is 12.7. The fourth-order valence-electron chi connectivity index (χ4n) is 3.52. The highest BCUT2D eigenvalue weighted by Crippen LogP contribution is 2.38. The third kappa shape index (κ3) is 3.66. The molecular weight excluding hydrogens is 302 g/mol. The zero-order valence-corrected chi connectivity index (χ0v) is 14.3. The molecule has 128 valence electrons. The second-order valence-electron chi connectivity index (χ2n) is 6.62. The van der Waals surface area contributed by atoms with E-state index in [0.717, 1.165) is 44.6 Å². The number of carbonyl (C=O) groups excluding carboxylic acids is 1. The zero-order valence-electron chi connectivity index (χ0n) is 14.3. The van der Waals surface area contributed by atoms with Crippen molar-refractivity contribution in [3.63, 3.8) is 0 Å². The molecule has 1 saturated heterocycles. The van der Waals surface area contributed by atoms with Crippen molar-refractivity contribution >= 4 is 5.91 Å². The molecule has 1 amide bonds. The number of nitrogens with zero attached hydrogens (tertiary/aromatic N) is 5. The molecule has 2 aliphatic rings. The maximum Gasteiger partial charge on any atom is 0.223 e. The average molecular weight is 327 g/mol. The molecule has 0 N–H and O–H groups in total. The monoisotopic (exact) mass is 327 g/mol. The van der Waals surface area contributed by atoms with Gasteiger partial charge in [-0.25, -0.2) is 4.98 Å². The molecule has 1 aromatic heterocycles. The molecule has 0 unspecified atom stereocenters. The molecule has 0 bridgehead atoms. The number of hydrogen-bond donors (Lipinski definition) is 0. The molecule has 6 nitrogen and oxygen atoms in total. The Hall–Kier alpha value is -2.16. The van der Waals surface area contributed by atoms with Crippen LogP contribution in [0.2, 0.25) is 0 Å². The molecular formula is C18H25N5O. The minimum atomic E-state index is -0.364. The minimum absolute atomic E-state index is 0.216. The molecule has 0 aliphatic carbocycles. The van der Waals surface area contributed by atoms with Crippen molar-refractivity contribution in [3.8, 4) is 12.3 Å². The van der Waals surface area contributed by atoms with Crippen molar-refractivity contribution in [3.05, 3.63) is 18.2 Å². The van der Waals surface area contributed by atoms with Crippen molar-refractivity contribution in [1.82, 2.24) is 14.5 Å². The molecule has 0 radical (unpaired) electrons. The summed E-state index contributed by atoms with van der Waals surface area (Å²) in [5.74, 6) is 3.92. The predicted octanol–water partition coefficient (Wildman–Crippen LogP) is 2.79. The van der Waals surface area contributed by atoms with Crippen molar-refractivity contribution in [2.75, 3.05) is 6.54 Å². The van der Waals surface area contributed by atoms with Crippen LogP contribution in [0.4, 0.5) is 0 Å². The van der Waals surface area contributed by atoms with E-state index in [1.54, 1.807) is 0 Å². The molecule has 0 spiro atoms. The van der Waals surface area contributed by atoms with Crippen LogP contribution in [0.15, 0.2) is 22.6 Å². The number of terminal acetylenes is 1. The number of imidazole rings is 1. The minimum Gasteiger partial charge on any atom is -0.338 e. The summed E-state index contributed by atoms with van der Waals surface area (Å²) >= 11 is 0. The Bertz CT molecular complexity index is 651. The number of hydrogen-bond acceptors (Lipinski definition) is 4. The summed E-state index contributed by atoms with van der Waals surface area (Å²) in [5.41, 5.74) is -0.364. The third-order valence-electron chi connectivity index (χ3n) is 5.01. The van der Waals surface area contributed by atoms with E-state index in [-0.39, 0.29) is 17.6 Å². The quantitative estimate of drug-likeness (QED) is 0.689. The van der Waals surface area contributed by atoms with Crippen molar-refractivity contribution in [2.45, 2.75) is 70.1 Å². The Balaban J connectivity index is 1.53. The molecule has 3 rings (SSSR count). The Morgan fingerprint density at radius 1 is 1.46 bits per heavy atom. The highest BCUT2D eigenvalue weighted by Gasteiger charge is 2.40. The first kappa shape index (κ1) is 16.7. The number of carbonyl (C=O) groups is 1. The molecule has 1 fully saturated rings. The lowest BCUT2D eigenvalue weighted by Gasteiger charge is -2.26. The summed E-state index contributed by atoms with van der Waals surface area (Å²) in [5, 5.41) is 8.24. The Kier molecular flexibility index (Phi) is 4.98. The first-order valence-electron chi connectivity index (χ1n) is 8.84. The van der Waals surface area contributed by atoms with Crippen LogP contribution in [0.25, 0.3) is 0 Å². The van der Waals surface area contributed by atoms with E-state index >= 15 is 0 Å². The van der Waals surface area contributed by atoms with Crippen molar-refractivity contribution in [1.29, 1.82) is 0 Å². The highest BCUT2D eigenvalue weighted by molar-refractivity contribution is 5.77.